The summed E-state index contributed by atoms with van der Waals surface area (Å²) in [5.74, 6) is 0.311. The molecule has 0 unspecified atom stereocenters. The Labute approximate surface area is 101 Å². The number of carbonyl (C=O) groups is 1. The zero-order valence-corrected chi connectivity index (χ0v) is 10.3. The van der Waals surface area contributed by atoms with Crippen LogP contribution in [-0.4, -0.2) is 5.91 Å². The summed E-state index contributed by atoms with van der Waals surface area (Å²) in [6, 6.07) is 7.45. The number of hydrogen-bond donors (Lipinski definition) is 1. The van der Waals surface area contributed by atoms with Gasteiger partial charge in [-0.1, -0.05) is 43.7 Å². The minimum atomic E-state index is -0.0753. The smallest absolute Gasteiger partial charge is 0.243 e. The van der Waals surface area contributed by atoms with Crippen LogP contribution in [-0.2, 0) is 11.3 Å². The van der Waals surface area contributed by atoms with E-state index < -0.39 is 0 Å². The molecular weight excluding hydrogens is 222 g/mol. The van der Waals surface area contributed by atoms with Crippen molar-refractivity contribution in [2.24, 2.45) is 5.92 Å². The van der Waals surface area contributed by atoms with E-state index in [1.54, 1.807) is 6.08 Å². The van der Waals surface area contributed by atoms with Crippen LogP contribution < -0.4 is 5.32 Å². The molecule has 86 valence electrons. The Morgan fingerprint density at radius 1 is 1.50 bits per heavy atom. The fraction of sp³-hybridized carbons (Fsp3) is 0.308. The van der Waals surface area contributed by atoms with Crippen molar-refractivity contribution in [3.05, 3.63) is 47.0 Å². The number of rotatable bonds is 4. The Morgan fingerprint density at radius 3 is 2.88 bits per heavy atom. The highest BCUT2D eigenvalue weighted by Crippen LogP contribution is 2.10. The van der Waals surface area contributed by atoms with Gasteiger partial charge in [0.05, 0.1) is 0 Å². The fourth-order valence-corrected chi connectivity index (χ4v) is 1.39. The average molecular weight is 238 g/mol. The normalized spacial score (nSPS) is 11.0. The molecule has 0 aromatic heterocycles. The van der Waals surface area contributed by atoms with Gasteiger partial charge in [0.2, 0.25) is 5.91 Å². The van der Waals surface area contributed by atoms with Crippen LogP contribution in [0.15, 0.2) is 36.4 Å². The molecule has 1 aromatic carbocycles. The standard InChI is InChI=1S/C13H16ClNO/c1-10(2)6-7-13(16)15-9-11-4-3-5-12(14)8-11/h3-8,10H,9H2,1-2H3,(H,15,16)/b7-6+. The Morgan fingerprint density at radius 2 is 2.25 bits per heavy atom. The molecular formula is C13H16ClNO. The first-order valence-corrected chi connectivity index (χ1v) is 5.66. The molecule has 1 rings (SSSR count). The molecule has 0 heterocycles. The third-order valence-corrected chi connectivity index (χ3v) is 2.22. The molecule has 0 aliphatic rings. The molecule has 0 radical (unpaired) electrons. The van der Waals surface area contributed by atoms with E-state index in [9.17, 15) is 4.79 Å². The second-order valence-corrected chi connectivity index (χ2v) is 4.39. The van der Waals surface area contributed by atoms with Gasteiger partial charge in [-0.25, -0.2) is 0 Å². The van der Waals surface area contributed by atoms with E-state index in [1.807, 2.05) is 44.2 Å². The van der Waals surface area contributed by atoms with Crippen LogP contribution in [0.5, 0.6) is 0 Å². The second-order valence-electron chi connectivity index (χ2n) is 3.95. The summed E-state index contributed by atoms with van der Waals surface area (Å²) in [5.41, 5.74) is 0.999. The third-order valence-electron chi connectivity index (χ3n) is 1.99. The van der Waals surface area contributed by atoms with E-state index in [0.29, 0.717) is 17.5 Å². The number of amides is 1. The Bertz CT molecular complexity index is 385. The van der Waals surface area contributed by atoms with Gasteiger partial charge >= 0.3 is 0 Å². The quantitative estimate of drug-likeness (QED) is 0.801. The monoisotopic (exact) mass is 237 g/mol. The summed E-state index contributed by atoms with van der Waals surface area (Å²) < 4.78 is 0. The Hall–Kier alpha value is -1.28. The molecule has 0 bridgehead atoms. The molecule has 1 N–H and O–H groups in total. The lowest BCUT2D eigenvalue weighted by molar-refractivity contribution is -0.116. The molecule has 3 heteroatoms. The van der Waals surface area contributed by atoms with Crippen molar-refractivity contribution in [2.75, 3.05) is 0 Å². The highest BCUT2D eigenvalue weighted by atomic mass is 35.5. The summed E-state index contributed by atoms with van der Waals surface area (Å²) in [6.45, 7) is 4.56. The first kappa shape index (κ1) is 12.8. The van der Waals surface area contributed by atoms with E-state index in [-0.39, 0.29) is 5.91 Å². The largest absolute Gasteiger partial charge is 0.348 e. The SMILES string of the molecule is CC(C)/C=C/C(=O)NCc1cccc(Cl)c1. The number of hydrogen-bond acceptors (Lipinski definition) is 1. The first-order valence-electron chi connectivity index (χ1n) is 5.28. The second kappa shape index (κ2) is 6.33. The van der Waals surface area contributed by atoms with E-state index in [1.165, 1.54) is 0 Å². The molecule has 0 aliphatic heterocycles. The molecule has 1 amide bonds. The van der Waals surface area contributed by atoms with E-state index in [0.717, 1.165) is 5.56 Å². The van der Waals surface area contributed by atoms with Gasteiger partial charge in [0, 0.05) is 11.6 Å². The topological polar surface area (TPSA) is 29.1 Å². The molecule has 2 nitrogen and oxygen atoms in total. The summed E-state index contributed by atoms with van der Waals surface area (Å²) in [6.07, 6.45) is 3.43. The van der Waals surface area contributed by atoms with Crippen molar-refractivity contribution in [2.45, 2.75) is 20.4 Å². The number of allylic oxidation sites excluding steroid dienone is 1. The number of benzene rings is 1. The van der Waals surface area contributed by atoms with Crippen molar-refractivity contribution < 1.29 is 4.79 Å². The summed E-state index contributed by atoms with van der Waals surface area (Å²) >= 11 is 5.84. The zero-order valence-electron chi connectivity index (χ0n) is 9.53. The fourth-order valence-electron chi connectivity index (χ4n) is 1.17. The zero-order chi connectivity index (χ0) is 12.0. The summed E-state index contributed by atoms with van der Waals surface area (Å²) in [7, 11) is 0. The van der Waals surface area contributed by atoms with Gasteiger partial charge in [0.25, 0.3) is 0 Å². The minimum Gasteiger partial charge on any atom is -0.348 e. The molecule has 0 fully saturated rings. The van der Waals surface area contributed by atoms with E-state index >= 15 is 0 Å². The third kappa shape index (κ3) is 4.99. The molecule has 16 heavy (non-hydrogen) atoms. The number of carbonyl (C=O) groups excluding carboxylic acids is 1. The predicted molar refractivity (Wildman–Crippen MR) is 67.3 cm³/mol. The van der Waals surface area contributed by atoms with E-state index in [4.69, 9.17) is 11.6 Å². The van der Waals surface area contributed by atoms with Crippen LogP contribution in [0.2, 0.25) is 5.02 Å². The number of nitrogens with one attached hydrogen (secondary N) is 1. The van der Waals surface area contributed by atoms with Gasteiger partial charge < -0.3 is 5.32 Å². The van der Waals surface area contributed by atoms with Crippen LogP contribution in [0.25, 0.3) is 0 Å². The maximum atomic E-state index is 11.4. The molecule has 0 aliphatic carbocycles. The summed E-state index contributed by atoms with van der Waals surface area (Å²) in [4.78, 5) is 11.4. The highest BCUT2D eigenvalue weighted by Gasteiger charge is 1.97. The van der Waals surface area contributed by atoms with E-state index in [2.05, 4.69) is 5.32 Å². The number of halogens is 1. The van der Waals surface area contributed by atoms with Crippen molar-refractivity contribution in [1.29, 1.82) is 0 Å². The van der Waals surface area contributed by atoms with Gasteiger partial charge in [0.1, 0.15) is 0 Å². The lowest BCUT2D eigenvalue weighted by Crippen LogP contribution is -2.20. The highest BCUT2D eigenvalue weighted by molar-refractivity contribution is 6.30. The predicted octanol–water partition coefficient (Wildman–Crippen LogP) is 3.17. The lowest BCUT2D eigenvalue weighted by Gasteiger charge is -2.03. The van der Waals surface area contributed by atoms with Crippen molar-refractivity contribution in [1.82, 2.24) is 5.32 Å². The van der Waals surface area contributed by atoms with Crippen LogP contribution in [0.3, 0.4) is 0 Å². The molecule has 0 saturated heterocycles. The van der Waals surface area contributed by atoms with Gasteiger partial charge in [-0.05, 0) is 29.7 Å². The van der Waals surface area contributed by atoms with Crippen LogP contribution >= 0.6 is 11.6 Å². The Balaban J connectivity index is 2.43. The van der Waals surface area contributed by atoms with Gasteiger partial charge in [-0.15, -0.1) is 0 Å². The van der Waals surface area contributed by atoms with Gasteiger partial charge in [0.15, 0.2) is 0 Å². The average Bonchev–Trinajstić information content (AvgIpc) is 2.23. The molecule has 0 saturated carbocycles. The van der Waals surface area contributed by atoms with Crippen LogP contribution in [0.4, 0.5) is 0 Å². The minimum absolute atomic E-state index is 0.0753. The van der Waals surface area contributed by atoms with Crippen LogP contribution in [0.1, 0.15) is 19.4 Å². The van der Waals surface area contributed by atoms with Gasteiger partial charge in [-0.3, -0.25) is 4.79 Å². The molecule has 0 atom stereocenters. The van der Waals surface area contributed by atoms with Crippen LogP contribution in [0, 0.1) is 5.92 Å². The summed E-state index contributed by atoms with van der Waals surface area (Å²) in [5, 5.41) is 3.48. The first-order chi connectivity index (χ1) is 7.58. The van der Waals surface area contributed by atoms with Crippen molar-refractivity contribution >= 4 is 17.5 Å². The maximum absolute atomic E-state index is 11.4. The lowest BCUT2D eigenvalue weighted by atomic mass is 10.2. The van der Waals surface area contributed by atoms with Crippen molar-refractivity contribution in [3.8, 4) is 0 Å². The molecule has 0 spiro atoms. The van der Waals surface area contributed by atoms with Crippen molar-refractivity contribution in [3.63, 3.8) is 0 Å². The Kier molecular flexibility index (Phi) is 5.06. The maximum Gasteiger partial charge on any atom is 0.243 e. The van der Waals surface area contributed by atoms with Gasteiger partial charge in [-0.2, -0.15) is 0 Å². The molecule has 1 aromatic rings.